The highest BCUT2D eigenvalue weighted by Crippen LogP contribution is 2.43. The van der Waals surface area contributed by atoms with Crippen molar-refractivity contribution in [1.29, 1.82) is 0 Å². The Labute approximate surface area is 194 Å². The molecule has 5 rings (SSSR count). The first-order valence-corrected chi connectivity index (χ1v) is 11.7. The third-order valence-corrected chi connectivity index (χ3v) is 6.48. The van der Waals surface area contributed by atoms with Gasteiger partial charge in [-0.15, -0.1) is 0 Å². The SMILES string of the molecule is COC(C)c1cc2c(Nc3cc(C4CC(OC5(C)CC5)CO4)nn3C(C)(C)C)nccn2n1. The van der Waals surface area contributed by atoms with Crippen LogP contribution in [0.4, 0.5) is 11.6 Å². The normalized spacial score (nSPS) is 23.2. The number of nitrogens with zero attached hydrogens (tertiary/aromatic N) is 5. The van der Waals surface area contributed by atoms with Crippen LogP contribution in [0.3, 0.4) is 0 Å². The molecule has 0 radical (unpaired) electrons. The number of methoxy groups -OCH3 is 1. The molecule has 1 aliphatic heterocycles. The maximum Gasteiger partial charge on any atom is 0.157 e. The molecule has 4 heterocycles. The molecule has 3 atom stereocenters. The van der Waals surface area contributed by atoms with Gasteiger partial charge in [-0.05, 0) is 53.5 Å². The molecule has 0 spiro atoms. The molecule has 0 amide bonds. The van der Waals surface area contributed by atoms with Crippen LogP contribution in [0.15, 0.2) is 24.5 Å². The molecule has 33 heavy (non-hydrogen) atoms. The fraction of sp³-hybridized carbons (Fsp3) is 0.625. The number of anilines is 2. The summed E-state index contributed by atoms with van der Waals surface area (Å²) in [6.45, 7) is 11.2. The van der Waals surface area contributed by atoms with Crippen LogP contribution in [0.25, 0.3) is 5.52 Å². The quantitative estimate of drug-likeness (QED) is 0.561. The van der Waals surface area contributed by atoms with E-state index in [1.807, 2.05) is 28.4 Å². The monoisotopic (exact) mass is 454 g/mol. The highest BCUT2D eigenvalue weighted by molar-refractivity contribution is 5.72. The molecule has 178 valence electrons. The standard InChI is InChI=1S/C24H34N6O3/c1-15(31-6)17-12-19-22(25-9-10-29(19)27-17)26-21-13-18(28-30(21)23(2,3)4)20-11-16(14-32-20)33-24(5)7-8-24/h9-10,12-13,15-16,20H,7-8,11,14H2,1-6H3,(H,25,26). The van der Waals surface area contributed by atoms with E-state index >= 15 is 0 Å². The zero-order valence-corrected chi connectivity index (χ0v) is 20.3. The van der Waals surface area contributed by atoms with Gasteiger partial charge in [0, 0.05) is 32.0 Å². The highest BCUT2D eigenvalue weighted by atomic mass is 16.6. The molecule has 3 unspecified atom stereocenters. The summed E-state index contributed by atoms with van der Waals surface area (Å²) >= 11 is 0. The van der Waals surface area contributed by atoms with Crippen LogP contribution >= 0.6 is 0 Å². The van der Waals surface area contributed by atoms with Crippen molar-refractivity contribution in [2.45, 2.75) is 83.3 Å². The van der Waals surface area contributed by atoms with Crippen LogP contribution in [0.2, 0.25) is 0 Å². The predicted molar refractivity (Wildman–Crippen MR) is 125 cm³/mol. The lowest BCUT2D eigenvalue weighted by atomic mass is 10.1. The van der Waals surface area contributed by atoms with Crippen LogP contribution in [0.5, 0.6) is 0 Å². The first-order valence-electron chi connectivity index (χ1n) is 11.7. The molecule has 0 aromatic carbocycles. The van der Waals surface area contributed by atoms with Crippen molar-refractivity contribution in [2.75, 3.05) is 19.0 Å². The first-order chi connectivity index (χ1) is 15.6. The molecule has 1 aliphatic carbocycles. The van der Waals surface area contributed by atoms with Crippen molar-refractivity contribution in [3.05, 3.63) is 35.9 Å². The minimum absolute atomic E-state index is 0.0508. The first kappa shape index (κ1) is 22.3. The van der Waals surface area contributed by atoms with E-state index in [0.717, 1.165) is 42.0 Å². The summed E-state index contributed by atoms with van der Waals surface area (Å²) in [5, 5.41) is 13.1. The summed E-state index contributed by atoms with van der Waals surface area (Å²) in [5.74, 6) is 1.58. The Hall–Kier alpha value is -2.49. The van der Waals surface area contributed by atoms with E-state index in [9.17, 15) is 0 Å². The Morgan fingerprint density at radius 2 is 2.03 bits per heavy atom. The Morgan fingerprint density at radius 3 is 2.73 bits per heavy atom. The van der Waals surface area contributed by atoms with Crippen LogP contribution < -0.4 is 5.32 Å². The van der Waals surface area contributed by atoms with Gasteiger partial charge < -0.3 is 19.5 Å². The number of hydrogen-bond acceptors (Lipinski definition) is 7. The summed E-state index contributed by atoms with van der Waals surface area (Å²) < 4.78 is 21.6. The lowest BCUT2D eigenvalue weighted by Crippen LogP contribution is -2.25. The second-order valence-corrected chi connectivity index (χ2v) is 10.5. The summed E-state index contributed by atoms with van der Waals surface area (Å²) in [4.78, 5) is 4.58. The van der Waals surface area contributed by atoms with Gasteiger partial charge in [0.2, 0.25) is 0 Å². The van der Waals surface area contributed by atoms with E-state index in [4.69, 9.17) is 19.3 Å². The lowest BCUT2D eigenvalue weighted by molar-refractivity contribution is -0.0233. The van der Waals surface area contributed by atoms with Crippen molar-refractivity contribution < 1.29 is 14.2 Å². The average molecular weight is 455 g/mol. The van der Waals surface area contributed by atoms with E-state index in [2.05, 4.69) is 49.2 Å². The molecule has 0 bridgehead atoms. The number of hydrogen-bond donors (Lipinski definition) is 1. The second kappa shape index (κ2) is 8.07. The zero-order valence-electron chi connectivity index (χ0n) is 20.3. The van der Waals surface area contributed by atoms with Crippen molar-refractivity contribution in [1.82, 2.24) is 24.4 Å². The maximum absolute atomic E-state index is 6.24. The van der Waals surface area contributed by atoms with Crippen molar-refractivity contribution >= 4 is 17.2 Å². The Bertz CT molecular complexity index is 1140. The summed E-state index contributed by atoms with van der Waals surface area (Å²) in [6, 6.07) is 4.07. The van der Waals surface area contributed by atoms with Crippen LogP contribution in [-0.2, 0) is 19.7 Å². The fourth-order valence-electron chi connectivity index (χ4n) is 4.22. The topological polar surface area (TPSA) is 87.7 Å². The number of rotatable bonds is 7. The number of fused-ring (bicyclic) bond motifs is 1. The van der Waals surface area contributed by atoms with Gasteiger partial charge >= 0.3 is 0 Å². The van der Waals surface area contributed by atoms with Gasteiger partial charge in [0.05, 0.1) is 41.3 Å². The molecule has 9 nitrogen and oxygen atoms in total. The third kappa shape index (κ3) is 4.49. The predicted octanol–water partition coefficient (Wildman–Crippen LogP) is 4.53. The van der Waals surface area contributed by atoms with E-state index in [1.54, 1.807) is 13.3 Å². The highest BCUT2D eigenvalue weighted by Gasteiger charge is 2.43. The van der Waals surface area contributed by atoms with E-state index < -0.39 is 0 Å². The summed E-state index contributed by atoms with van der Waals surface area (Å²) in [5.41, 5.74) is 2.47. The Morgan fingerprint density at radius 1 is 1.24 bits per heavy atom. The van der Waals surface area contributed by atoms with Gasteiger partial charge in [0.1, 0.15) is 17.4 Å². The lowest BCUT2D eigenvalue weighted by Gasteiger charge is -2.22. The summed E-state index contributed by atoms with van der Waals surface area (Å²) in [7, 11) is 1.68. The third-order valence-electron chi connectivity index (χ3n) is 6.48. The molecule has 9 heteroatoms. The smallest absolute Gasteiger partial charge is 0.157 e. The van der Waals surface area contributed by atoms with Gasteiger partial charge in [0.15, 0.2) is 5.82 Å². The largest absolute Gasteiger partial charge is 0.375 e. The van der Waals surface area contributed by atoms with E-state index in [-0.39, 0.29) is 29.5 Å². The minimum atomic E-state index is -0.225. The van der Waals surface area contributed by atoms with Gasteiger partial charge in [-0.25, -0.2) is 14.2 Å². The molecule has 1 saturated heterocycles. The van der Waals surface area contributed by atoms with Gasteiger partial charge in [-0.2, -0.15) is 10.2 Å². The number of nitrogens with one attached hydrogen (secondary N) is 1. The van der Waals surface area contributed by atoms with Gasteiger partial charge in [-0.3, -0.25) is 0 Å². The summed E-state index contributed by atoms with van der Waals surface area (Å²) in [6.07, 6.45) is 6.63. The Balaban J connectivity index is 1.42. The van der Waals surface area contributed by atoms with Crippen LogP contribution in [0.1, 0.15) is 77.5 Å². The molecule has 3 aromatic heterocycles. The molecular formula is C24H34N6O3. The number of ether oxygens (including phenoxy) is 3. The average Bonchev–Trinajstić information content (AvgIpc) is 3.17. The second-order valence-electron chi connectivity index (χ2n) is 10.5. The molecule has 1 N–H and O–H groups in total. The van der Waals surface area contributed by atoms with Gasteiger partial charge in [-0.1, -0.05) is 0 Å². The van der Waals surface area contributed by atoms with E-state index in [0.29, 0.717) is 12.4 Å². The zero-order chi connectivity index (χ0) is 23.4. The Kier molecular flexibility index (Phi) is 5.46. The maximum atomic E-state index is 6.24. The minimum Gasteiger partial charge on any atom is -0.375 e. The number of aromatic nitrogens is 5. The fourth-order valence-corrected chi connectivity index (χ4v) is 4.22. The molecule has 2 aliphatic rings. The van der Waals surface area contributed by atoms with E-state index in [1.165, 1.54) is 0 Å². The molecule has 2 fully saturated rings. The molecule has 3 aromatic rings. The van der Waals surface area contributed by atoms with Crippen molar-refractivity contribution in [3.8, 4) is 0 Å². The molecular weight excluding hydrogens is 420 g/mol. The van der Waals surface area contributed by atoms with Crippen LogP contribution in [-0.4, -0.2) is 49.8 Å². The van der Waals surface area contributed by atoms with Gasteiger partial charge in [0.25, 0.3) is 0 Å². The van der Waals surface area contributed by atoms with Crippen molar-refractivity contribution in [2.24, 2.45) is 0 Å². The van der Waals surface area contributed by atoms with Crippen LogP contribution in [0, 0.1) is 0 Å². The molecule has 1 saturated carbocycles. The van der Waals surface area contributed by atoms with Crippen molar-refractivity contribution in [3.63, 3.8) is 0 Å².